The normalized spacial score (nSPS) is 15.9. The number of amides is 2. The Labute approximate surface area is 222 Å². The van der Waals surface area contributed by atoms with E-state index in [1.807, 2.05) is 65.6 Å². The number of rotatable bonds is 7. The summed E-state index contributed by atoms with van der Waals surface area (Å²) in [4.78, 5) is 32.6. The molecule has 1 aliphatic heterocycles. The summed E-state index contributed by atoms with van der Waals surface area (Å²) in [6.07, 6.45) is 6.59. The molecule has 2 amide bonds. The molecular formula is C30H31ClN4O2. The highest BCUT2D eigenvalue weighted by Gasteiger charge is 2.27. The lowest BCUT2D eigenvalue weighted by atomic mass is 10.00. The van der Waals surface area contributed by atoms with Gasteiger partial charge in [-0.3, -0.25) is 14.6 Å². The maximum Gasteiger partial charge on any atom is 0.270 e. The highest BCUT2D eigenvalue weighted by Crippen LogP contribution is 2.25. The standard InChI is InChI=1S/C30H31ClN4O2/c31-26-9-7-23(8-10-26)21-35-27-6-2-1-4-25(27)20-28(35)30(37)34-18-3-5-24(14-19-34)29(36)33-17-13-22-11-15-32-16-12-22/h1-2,4,6-12,15-16,20,24H,3,5,13-14,17-19,21H2,(H,33,36). The van der Waals surface area contributed by atoms with E-state index in [2.05, 4.69) is 20.9 Å². The number of nitrogens with one attached hydrogen (secondary N) is 1. The summed E-state index contributed by atoms with van der Waals surface area (Å²) < 4.78 is 2.09. The summed E-state index contributed by atoms with van der Waals surface area (Å²) in [5.41, 5.74) is 3.94. The van der Waals surface area contributed by atoms with Gasteiger partial charge in [0.15, 0.2) is 0 Å². The number of halogens is 1. The number of pyridine rings is 1. The van der Waals surface area contributed by atoms with Gasteiger partial charge in [-0.25, -0.2) is 0 Å². The molecule has 2 aromatic heterocycles. The molecule has 1 aliphatic rings. The average molecular weight is 515 g/mol. The number of aromatic nitrogens is 2. The third-order valence-electron chi connectivity index (χ3n) is 7.13. The van der Waals surface area contributed by atoms with E-state index in [1.54, 1.807) is 12.4 Å². The molecule has 1 saturated heterocycles. The van der Waals surface area contributed by atoms with E-state index < -0.39 is 0 Å². The maximum atomic E-state index is 13.8. The molecular weight excluding hydrogens is 484 g/mol. The predicted octanol–water partition coefficient (Wildman–Crippen LogP) is 5.34. The summed E-state index contributed by atoms with van der Waals surface area (Å²) in [7, 11) is 0. The van der Waals surface area contributed by atoms with E-state index in [4.69, 9.17) is 11.6 Å². The van der Waals surface area contributed by atoms with Gasteiger partial charge >= 0.3 is 0 Å². The number of likely N-dealkylation sites (tertiary alicyclic amines) is 1. The van der Waals surface area contributed by atoms with E-state index in [0.29, 0.717) is 43.3 Å². The van der Waals surface area contributed by atoms with E-state index in [9.17, 15) is 9.59 Å². The molecule has 190 valence electrons. The number of fused-ring (bicyclic) bond motifs is 1. The van der Waals surface area contributed by atoms with E-state index >= 15 is 0 Å². The Kier molecular flexibility index (Phi) is 7.85. The fourth-order valence-electron chi connectivity index (χ4n) is 5.08. The van der Waals surface area contributed by atoms with Gasteiger partial charge in [0.1, 0.15) is 5.69 Å². The van der Waals surface area contributed by atoms with Crippen LogP contribution in [-0.2, 0) is 17.8 Å². The SMILES string of the molecule is O=C(NCCc1ccncc1)C1CCCN(C(=O)c2cc3ccccc3n2Cc2ccc(Cl)cc2)CC1. The zero-order chi connectivity index (χ0) is 25.6. The predicted molar refractivity (Wildman–Crippen MR) is 147 cm³/mol. The van der Waals surface area contributed by atoms with Gasteiger partial charge in [0, 0.05) is 60.4 Å². The van der Waals surface area contributed by atoms with Gasteiger partial charge in [-0.15, -0.1) is 0 Å². The van der Waals surface area contributed by atoms with Crippen molar-refractivity contribution in [3.63, 3.8) is 0 Å². The number of carbonyl (C=O) groups excluding carboxylic acids is 2. The number of para-hydroxylation sites is 1. The number of carbonyl (C=O) groups is 2. The van der Waals surface area contributed by atoms with Crippen molar-refractivity contribution in [3.8, 4) is 0 Å². The minimum atomic E-state index is -0.0739. The lowest BCUT2D eigenvalue weighted by Crippen LogP contribution is -2.35. The summed E-state index contributed by atoms with van der Waals surface area (Å²) >= 11 is 6.08. The molecule has 4 aromatic rings. The minimum absolute atomic E-state index is 0.0175. The van der Waals surface area contributed by atoms with Gasteiger partial charge in [0.2, 0.25) is 5.91 Å². The first-order chi connectivity index (χ1) is 18.1. The zero-order valence-electron chi connectivity index (χ0n) is 20.8. The summed E-state index contributed by atoms with van der Waals surface area (Å²) in [6, 6.07) is 21.7. The van der Waals surface area contributed by atoms with Crippen molar-refractivity contribution in [2.24, 2.45) is 5.92 Å². The van der Waals surface area contributed by atoms with Crippen molar-refractivity contribution < 1.29 is 9.59 Å². The Morgan fingerprint density at radius 2 is 1.73 bits per heavy atom. The van der Waals surface area contributed by atoms with Crippen LogP contribution in [0.1, 0.15) is 40.9 Å². The number of nitrogens with zero attached hydrogens (tertiary/aromatic N) is 3. The van der Waals surface area contributed by atoms with Crippen LogP contribution in [0, 0.1) is 5.92 Å². The summed E-state index contributed by atoms with van der Waals surface area (Å²) in [5, 5.41) is 4.82. The van der Waals surface area contributed by atoms with Crippen LogP contribution in [0.4, 0.5) is 0 Å². The minimum Gasteiger partial charge on any atom is -0.356 e. The highest BCUT2D eigenvalue weighted by molar-refractivity contribution is 6.30. The smallest absolute Gasteiger partial charge is 0.270 e. The van der Waals surface area contributed by atoms with Crippen LogP contribution >= 0.6 is 11.6 Å². The number of hydrogen-bond donors (Lipinski definition) is 1. The third kappa shape index (κ3) is 6.03. The van der Waals surface area contributed by atoms with Gasteiger partial charge in [-0.2, -0.15) is 0 Å². The van der Waals surface area contributed by atoms with Crippen LogP contribution in [0.2, 0.25) is 5.02 Å². The lowest BCUT2D eigenvalue weighted by Gasteiger charge is -2.22. The molecule has 2 aromatic carbocycles. The van der Waals surface area contributed by atoms with Crippen LogP contribution in [0.15, 0.2) is 79.1 Å². The molecule has 1 N–H and O–H groups in total. The van der Waals surface area contributed by atoms with E-state index in [-0.39, 0.29) is 17.7 Å². The quantitative estimate of drug-likeness (QED) is 0.362. The Hall–Kier alpha value is -3.64. The first-order valence-corrected chi connectivity index (χ1v) is 13.2. The molecule has 0 radical (unpaired) electrons. The molecule has 6 nitrogen and oxygen atoms in total. The van der Waals surface area contributed by atoms with E-state index in [1.165, 1.54) is 0 Å². The fraction of sp³-hybridized carbons (Fsp3) is 0.300. The Morgan fingerprint density at radius 3 is 2.54 bits per heavy atom. The van der Waals surface area contributed by atoms with Crippen molar-refractivity contribution in [1.29, 1.82) is 0 Å². The first kappa shape index (κ1) is 25.0. The van der Waals surface area contributed by atoms with Gasteiger partial charge < -0.3 is 14.8 Å². The van der Waals surface area contributed by atoms with Gasteiger partial charge in [0.25, 0.3) is 5.91 Å². The second kappa shape index (κ2) is 11.6. The van der Waals surface area contributed by atoms with Gasteiger partial charge in [0.05, 0.1) is 0 Å². The molecule has 1 unspecified atom stereocenters. The lowest BCUT2D eigenvalue weighted by molar-refractivity contribution is -0.125. The molecule has 7 heteroatoms. The average Bonchev–Trinajstić information content (AvgIpc) is 3.10. The third-order valence-corrected chi connectivity index (χ3v) is 7.38. The number of hydrogen-bond acceptors (Lipinski definition) is 3. The molecule has 3 heterocycles. The van der Waals surface area contributed by atoms with E-state index in [0.717, 1.165) is 41.3 Å². The van der Waals surface area contributed by atoms with Gasteiger partial charge in [-0.05, 0) is 73.2 Å². The summed E-state index contributed by atoms with van der Waals surface area (Å²) in [5.74, 6) is 0.0271. The molecule has 5 rings (SSSR count). The highest BCUT2D eigenvalue weighted by atomic mass is 35.5. The van der Waals surface area contributed by atoms with Crippen molar-refractivity contribution in [2.45, 2.75) is 32.2 Å². The first-order valence-electron chi connectivity index (χ1n) is 12.9. The van der Waals surface area contributed by atoms with Crippen LogP contribution in [0.3, 0.4) is 0 Å². The molecule has 1 fully saturated rings. The molecule has 37 heavy (non-hydrogen) atoms. The van der Waals surface area contributed by atoms with Crippen molar-refractivity contribution in [2.75, 3.05) is 19.6 Å². The Balaban J connectivity index is 1.26. The number of benzene rings is 2. The zero-order valence-corrected chi connectivity index (χ0v) is 21.5. The Morgan fingerprint density at radius 1 is 0.946 bits per heavy atom. The van der Waals surface area contributed by atoms with Crippen molar-refractivity contribution >= 4 is 34.3 Å². The summed E-state index contributed by atoms with van der Waals surface area (Å²) in [6.45, 7) is 2.42. The molecule has 0 saturated carbocycles. The second-order valence-electron chi connectivity index (χ2n) is 9.62. The second-order valence-corrected chi connectivity index (χ2v) is 10.1. The monoisotopic (exact) mass is 514 g/mol. The maximum absolute atomic E-state index is 13.8. The van der Waals surface area contributed by atoms with Crippen LogP contribution < -0.4 is 5.32 Å². The molecule has 0 bridgehead atoms. The van der Waals surface area contributed by atoms with Crippen molar-refractivity contribution in [3.05, 3.63) is 101 Å². The fourth-order valence-corrected chi connectivity index (χ4v) is 5.20. The van der Waals surface area contributed by atoms with Crippen LogP contribution in [0.25, 0.3) is 10.9 Å². The van der Waals surface area contributed by atoms with Crippen LogP contribution in [0.5, 0.6) is 0 Å². The largest absolute Gasteiger partial charge is 0.356 e. The van der Waals surface area contributed by atoms with Crippen molar-refractivity contribution in [1.82, 2.24) is 19.8 Å². The molecule has 0 aliphatic carbocycles. The van der Waals surface area contributed by atoms with Crippen LogP contribution in [-0.4, -0.2) is 45.9 Å². The molecule has 0 spiro atoms. The topological polar surface area (TPSA) is 67.2 Å². The van der Waals surface area contributed by atoms with Gasteiger partial charge in [-0.1, -0.05) is 41.9 Å². The molecule has 1 atom stereocenters. The Bertz CT molecular complexity index is 1370.